The summed E-state index contributed by atoms with van der Waals surface area (Å²) in [5.74, 6) is 0. The zero-order chi connectivity index (χ0) is 13.2. The average molecular weight is 254 g/mol. The van der Waals surface area contributed by atoms with E-state index in [9.17, 15) is 5.11 Å². The van der Waals surface area contributed by atoms with Gasteiger partial charge >= 0.3 is 0 Å². The van der Waals surface area contributed by atoms with Gasteiger partial charge in [-0.25, -0.2) is 0 Å². The first-order valence-electron chi connectivity index (χ1n) is 6.68. The molecule has 0 saturated heterocycles. The molecule has 0 amide bonds. The van der Waals surface area contributed by atoms with Crippen molar-refractivity contribution < 1.29 is 5.11 Å². The Morgan fingerprint density at radius 3 is 2.89 bits per heavy atom. The lowest BCUT2D eigenvalue weighted by atomic mass is 10.1. The largest absolute Gasteiger partial charge is 0.390 e. The van der Waals surface area contributed by atoms with Gasteiger partial charge in [0.05, 0.1) is 17.8 Å². The van der Waals surface area contributed by atoms with Gasteiger partial charge in [-0.15, -0.1) is 0 Å². The van der Waals surface area contributed by atoms with Crippen molar-refractivity contribution in [1.29, 1.82) is 0 Å². The minimum Gasteiger partial charge on any atom is -0.390 e. The minimum absolute atomic E-state index is 0.0134. The van der Waals surface area contributed by atoms with Crippen LogP contribution in [-0.4, -0.2) is 23.2 Å². The smallest absolute Gasteiger partial charge is 0.0854 e. The maximum absolute atomic E-state index is 9.37. The highest BCUT2D eigenvalue weighted by atomic mass is 16.3. The predicted molar refractivity (Wildman–Crippen MR) is 78.3 cm³/mol. The highest BCUT2D eigenvalue weighted by Gasteiger charge is 2.14. The summed E-state index contributed by atoms with van der Waals surface area (Å²) in [6.45, 7) is 4.13. The number of para-hydroxylation sites is 1. The molecule has 0 atom stereocenters. The van der Waals surface area contributed by atoms with E-state index < -0.39 is 0 Å². The molecule has 0 unspecified atom stereocenters. The van der Waals surface area contributed by atoms with Crippen molar-refractivity contribution in [2.24, 2.45) is 0 Å². The first kappa shape index (κ1) is 12.2. The quantitative estimate of drug-likeness (QED) is 0.837. The third kappa shape index (κ3) is 2.34. The van der Waals surface area contributed by atoms with Gasteiger partial charge < -0.3 is 10.0 Å². The molecule has 1 aromatic heterocycles. The van der Waals surface area contributed by atoms with E-state index in [1.165, 1.54) is 11.3 Å². The molecule has 0 fully saturated rings. The van der Waals surface area contributed by atoms with Crippen LogP contribution < -0.4 is 4.90 Å². The van der Waals surface area contributed by atoms with E-state index in [1.807, 2.05) is 24.3 Å². The van der Waals surface area contributed by atoms with Crippen molar-refractivity contribution in [3.8, 4) is 0 Å². The highest BCUT2D eigenvalue weighted by molar-refractivity contribution is 5.92. The Labute approximate surface area is 113 Å². The Bertz CT molecular complexity index is 634. The van der Waals surface area contributed by atoms with Crippen molar-refractivity contribution in [2.75, 3.05) is 18.0 Å². The number of aromatic nitrogens is 1. The van der Waals surface area contributed by atoms with Gasteiger partial charge in [-0.05, 0) is 25.5 Å². The van der Waals surface area contributed by atoms with Crippen molar-refractivity contribution in [3.63, 3.8) is 0 Å². The number of hydrogen-bond acceptors (Lipinski definition) is 3. The number of nitrogens with zero attached hydrogens (tertiary/aromatic N) is 2. The van der Waals surface area contributed by atoms with E-state index in [4.69, 9.17) is 0 Å². The van der Waals surface area contributed by atoms with E-state index >= 15 is 0 Å². The Balaban J connectivity index is 2.11. The molecule has 1 aliphatic rings. The topological polar surface area (TPSA) is 36.4 Å². The molecule has 3 nitrogen and oxygen atoms in total. The molecule has 0 bridgehead atoms. The lowest BCUT2D eigenvalue weighted by molar-refractivity contribution is 0.277. The van der Waals surface area contributed by atoms with Crippen LogP contribution in [0.2, 0.25) is 0 Å². The Hall–Kier alpha value is -1.87. The molecule has 0 aliphatic carbocycles. The Kier molecular flexibility index (Phi) is 3.22. The van der Waals surface area contributed by atoms with Gasteiger partial charge in [0.15, 0.2) is 0 Å². The maximum atomic E-state index is 9.37. The maximum Gasteiger partial charge on any atom is 0.0854 e. The van der Waals surface area contributed by atoms with Crippen LogP contribution in [0.4, 0.5) is 5.69 Å². The summed E-state index contributed by atoms with van der Waals surface area (Å²) in [5.41, 5.74) is 4.32. The van der Waals surface area contributed by atoms with E-state index in [-0.39, 0.29) is 6.61 Å². The van der Waals surface area contributed by atoms with Crippen LogP contribution in [-0.2, 0) is 6.61 Å². The van der Waals surface area contributed by atoms with Gasteiger partial charge in [0.2, 0.25) is 0 Å². The van der Waals surface area contributed by atoms with Crippen LogP contribution in [0.1, 0.15) is 19.0 Å². The average Bonchev–Trinajstić information content (AvgIpc) is 2.47. The molecule has 3 rings (SSSR count). The molecule has 1 aromatic carbocycles. The van der Waals surface area contributed by atoms with E-state index in [0.717, 1.165) is 36.1 Å². The Morgan fingerprint density at radius 1 is 1.32 bits per heavy atom. The summed E-state index contributed by atoms with van der Waals surface area (Å²) in [4.78, 5) is 6.83. The van der Waals surface area contributed by atoms with E-state index in [2.05, 4.69) is 29.0 Å². The summed E-state index contributed by atoms with van der Waals surface area (Å²) >= 11 is 0. The van der Waals surface area contributed by atoms with Crippen LogP contribution in [0, 0.1) is 0 Å². The second-order valence-corrected chi connectivity index (χ2v) is 5.05. The summed E-state index contributed by atoms with van der Waals surface area (Å²) in [6, 6.07) is 10.1. The zero-order valence-corrected chi connectivity index (χ0v) is 11.1. The van der Waals surface area contributed by atoms with Crippen LogP contribution in [0.3, 0.4) is 0 Å². The summed E-state index contributed by atoms with van der Waals surface area (Å²) in [5, 5.41) is 10.5. The molecular formula is C16H18N2O. The molecule has 19 heavy (non-hydrogen) atoms. The van der Waals surface area contributed by atoms with E-state index in [1.54, 1.807) is 0 Å². The van der Waals surface area contributed by atoms with Gasteiger partial charge in [-0.2, -0.15) is 0 Å². The van der Waals surface area contributed by atoms with Crippen LogP contribution in [0.25, 0.3) is 10.9 Å². The van der Waals surface area contributed by atoms with Gasteiger partial charge in [0, 0.05) is 24.2 Å². The number of benzene rings is 1. The predicted octanol–water partition coefficient (Wildman–Crippen LogP) is 2.88. The number of pyridine rings is 1. The lowest BCUT2D eigenvalue weighted by Gasteiger charge is -2.29. The van der Waals surface area contributed by atoms with Crippen molar-refractivity contribution in [1.82, 2.24) is 4.98 Å². The molecule has 2 aromatic rings. The fourth-order valence-corrected chi connectivity index (χ4v) is 2.54. The first-order chi connectivity index (χ1) is 9.28. The van der Waals surface area contributed by atoms with E-state index in [0.29, 0.717) is 0 Å². The second kappa shape index (κ2) is 5.02. The van der Waals surface area contributed by atoms with Crippen LogP contribution in [0.5, 0.6) is 0 Å². The third-order valence-electron chi connectivity index (χ3n) is 3.69. The molecular weight excluding hydrogens is 236 g/mol. The molecule has 1 aliphatic heterocycles. The summed E-state index contributed by atoms with van der Waals surface area (Å²) in [6.07, 6.45) is 3.38. The molecule has 2 heterocycles. The number of rotatable bonds is 2. The first-order valence-corrected chi connectivity index (χ1v) is 6.68. The molecule has 0 spiro atoms. The Morgan fingerprint density at radius 2 is 2.16 bits per heavy atom. The zero-order valence-electron chi connectivity index (χ0n) is 11.1. The number of anilines is 1. The van der Waals surface area contributed by atoms with Gasteiger partial charge in [0.25, 0.3) is 0 Å². The summed E-state index contributed by atoms with van der Waals surface area (Å²) < 4.78 is 0. The molecule has 1 N–H and O–H groups in total. The second-order valence-electron chi connectivity index (χ2n) is 5.05. The normalized spacial score (nSPS) is 15.7. The SMILES string of the molecule is CC1=CCN(c2cc(CO)nc3ccccc23)CC1. The van der Waals surface area contributed by atoms with Crippen molar-refractivity contribution in [2.45, 2.75) is 20.0 Å². The van der Waals surface area contributed by atoms with Crippen molar-refractivity contribution in [3.05, 3.63) is 47.7 Å². The molecule has 3 heteroatoms. The molecule has 0 saturated carbocycles. The van der Waals surface area contributed by atoms with Crippen LogP contribution >= 0.6 is 0 Å². The number of aliphatic hydroxyl groups is 1. The van der Waals surface area contributed by atoms with Gasteiger partial charge in [-0.1, -0.05) is 29.8 Å². The van der Waals surface area contributed by atoms with Gasteiger partial charge in [0.1, 0.15) is 0 Å². The van der Waals surface area contributed by atoms with Crippen LogP contribution in [0.15, 0.2) is 42.0 Å². The van der Waals surface area contributed by atoms with Crippen molar-refractivity contribution >= 4 is 16.6 Å². The number of hydrogen-bond donors (Lipinski definition) is 1. The fraction of sp³-hybridized carbons (Fsp3) is 0.312. The molecule has 0 radical (unpaired) electrons. The number of fused-ring (bicyclic) bond motifs is 1. The fourth-order valence-electron chi connectivity index (χ4n) is 2.54. The monoisotopic (exact) mass is 254 g/mol. The van der Waals surface area contributed by atoms with Gasteiger partial charge in [-0.3, -0.25) is 4.98 Å². The highest BCUT2D eigenvalue weighted by Crippen LogP contribution is 2.28. The minimum atomic E-state index is -0.0134. The standard InChI is InChI=1S/C16H18N2O/c1-12-6-8-18(9-7-12)16-10-13(11-19)17-15-5-3-2-4-14(15)16/h2-6,10,19H,7-9,11H2,1H3. The third-order valence-corrected chi connectivity index (χ3v) is 3.69. The molecule has 98 valence electrons. The summed E-state index contributed by atoms with van der Waals surface area (Å²) in [7, 11) is 0. The lowest BCUT2D eigenvalue weighted by Crippen LogP contribution is -2.28. The number of aliphatic hydroxyl groups excluding tert-OH is 1.